The molecule has 0 aliphatic carbocycles. The number of esters is 1. The van der Waals surface area contributed by atoms with E-state index >= 15 is 0 Å². The van der Waals surface area contributed by atoms with Crippen molar-refractivity contribution >= 4 is 40.4 Å². The van der Waals surface area contributed by atoms with Gasteiger partial charge < -0.3 is 26.4 Å². The predicted molar refractivity (Wildman–Crippen MR) is 145 cm³/mol. The molecule has 0 bridgehead atoms. The summed E-state index contributed by atoms with van der Waals surface area (Å²) in [7, 11) is 0. The molecule has 0 spiro atoms. The Bertz CT molecular complexity index is 1330. The first-order valence-electron chi connectivity index (χ1n) is 12.2. The van der Waals surface area contributed by atoms with Gasteiger partial charge in [0.1, 0.15) is 0 Å². The number of benzene rings is 3. The molecule has 1 unspecified atom stereocenters. The highest BCUT2D eigenvalue weighted by Gasteiger charge is 2.29. The summed E-state index contributed by atoms with van der Waals surface area (Å²) in [6, 6.07) is 22.1. The molecule has 8 nitrogen and oxygen atoms in total. The molecule has 5 N–H and O–H groups in total. The fraction of sp³-hybridized carbons (Fsp3) is 0.207. The number of rotatable bonds is 9. The maximum absolute atomic E-state index is 13.2. The van der Waals surface area contributed by atoms with E-state index in [1.807, 2.05) is 54.6 Å². The van der Waals surface area contributed by atoms with Crippen molar-refractivity contribution in [1.29, 1.82) is 0 Å². The van der Waals surface area contributed by atoms with Crippen LogP contribution in [0.15, 0.2) is 72.8 Å². The Kier molecular flexibility index (Phi) is 8.00. The summed E-state index contributed by atoms with van der Waals surface area (Å²) < 4.78 is 5.09. The lowest BCUT2D eigenvalue weighted by Gasteiger charge is -2.16. The van der Waals surface area contributed by atoms with E-state index in [0.29, 0.717) is 41.1 Å². The van der Waals surface area contributed by atoms with Gasteiger partial charge in [-0.1, -0.05) is 48.5 Å². The molecule has 1 atom stereocenters. The van der Waals surface area contributed by atoms with Crippen molar-refractivity contribution in [3.63, 3.8) is 0 Å². The van der Waals surface area contributed by atoms with Crippen LogP contribution >= 0.6 is 0 Å². The van der Waals surface area contributed by atoms with Crippen molar-refractivity contribution < 1.29 is 19.1 Å². The first kappa shape index (κ1) is 25.7. The van der Waals surface area contributed by atoms with Crippen LogP contribution in [-0.2, 0) is 14.3 Å². The predicted octanol–water partition coefficient (Wildman–Crippen LogP) is 4.32. The number of fused-ring (bicyclic) bond motifs is 1. The van der Waals surface area contributed by atoms with Gasteiger partial charge in [-0.2, -0.15) is 0 Å². The Morgan fingerprint density at radius 2 is 1.73 bits per heavy atom. The zero-order chi connectivity index (χ0) is 26.4. The average molecular weight is 499 g/mol. The number of carbonyl (C=O) groups is 3. The standard InChI is InChI=1S/C29H30N4O4/c1-3-37-29(36)21-11-14-23-25(17-21)33-28(35)26(23)27(20-7-5-4-6-8-20)32-22-12-9-19(10-13-22)24(30)15-16-31-18(2)34/h4-14,17,24,32H,3,15-16,30H2,1-2H3,(H,31,34)(H,33,35). The monoisotopic (exact) mass is 498 g/mol. The van der Waals surface area contributed by atoms with Crippen LogP contribution in [0.25, 0.3) is 11.3 Å². The van der Waals surface area contributed by atoms with E-state index in [1.54, 1.807) is 25.1 Å². The molecule has 0 aromatic heterocycles. The highest BCUT2D eigenvalue weighted by molar-refractivity contribution is 6.37. The van der Waals surface area contributed by atoms with E-state index < -0.39 is 5.97 Å². The molecule has 0 fully saturated rings. The zero-order valence-electron chi connectivity index (χ0n) is 20.8. The summed E-state index contributed by atoms with van der Waals surface area (Å²) in [5, 5.41) is 9.06. The van der Waals surface area contributed by atoms with Gasteiger partial charge >= 0.3 is 5.97 Å². The quantitative estimate of drug-likeness (QED) is 0.257. The van der Waals surface area contributed by atoms with Crippen LogP contribution < -0.4 is 21.7 Å². The molecule has 8 heteroatoms. The number of ether oxygens (including phenoxy) is 1. The van der Waals surface area contributed by atoms with Crippen molar-refractivity contribution in [2.75, 3.05) is 23.8 Å². The second-order valence-corrected chi connectivity index (χ2v) is 8.68. The van der Waals surface area contributed by atoms with Crippen LogP contribution in [0, 0.1) is 0 Å². The molecule has 1 aliphatic heterocycles. The molecular weight excluding hydrogens is 468 g/mol. The van der Waals surface area contributed by atoms with E-state index in [-0.39, 0.29) is 24.5 Å². The Hall–Kier alpha value is -4.43. The fourth-order valence-corrected chi connectivity index (χ4v) is 4.17. The highest BCUT2D eigenvalue weighted by atomic mass is 16.5. The van der Waals surface area contributed by atoms with Crippen molar-refractivity contribution in [3.8, 4) is 0 Å². The molecule has 3 aromatic carbocycles. The van der Waals surface area contributed by atoms with Crippen molar-refractivity contribution in [2.24, 2.45) is 5.73 Å². The van der Waals surface area contributed by atoms with Crippen LogP contribution in [0.4, 0.5) is 11.4 Å². The van der Waals surface area contributed by atoms with E-state index in [4.69, 9.17) is 10.5 Å². The molecule has 0 saturated carbocycles. The van der Waals surface area contributed by atoms with Gasteiger partial charge in [0, 0.05) is 30.8 Å². The van der Waals surface area contributed by atoms with Crippen LogP contribution in [-0.4, -0.2) is 30.9 Å². The third kappa shape index (κ3) is 6.05. The minimum atomic E-state index is -0.436. The average Bonchev–Trinajstić information content (AvgIpc) is 3.22. The summed E-state index contributed by atoms with van der Waals surface area (Å²) in [5.74, 6) is -0.782. The molecule has 0 radical (unpaired) electrons. The molecule has 1 aliphatic rings. The minimum Gasteiger partial charge on any atom is -0.462 e. The summed E-state index contributed by atoms with van der Waals surface area (Å²) in [5.41, 5.74) is 11.6. The molecule has 190 valence electrons. The summed E-state index contributed by atoms with van der Waals surface area (Å²) >= 11 is 0. The Labute approximate surface area is 215 Å². The Morgan fingerprint density at radius 3 is 2.41 bits per heavy atom. The smallest absolute Gasteiger partial charge is 0.338 e. The number of hydrogen-bond donors (Lipinski definition) is 4. The first-order valence-corrected chi connectivity index (χ1v) is 12.2. The van der Waals surface area contributed by atoms with E-state index in [2.05, 4.69) is 16.0 Å². The van der Waals surface area contributed by atoms with Crippen LogP contribution in [0.1, 0.15) is 53.4 Å². The molecular formula is C29H30N4O4. The highest BCUT2D eigenvalue weighted by Crippen LogP contribution is 2.38. The lowest BCUT2D eigenvalue weighted by atomic mass is 9.98. The van der Waals surface area contributed by atoms with Gasteiger partial charge in [-0.05, 0) is 48.7 Å². The van der Waals surface area contributed by atoms with Gasteiger partial charge in [0.15, 0.2) is 0 Å². The first-order chi connectivity index (χ1) is 17.9. The summed E-state index contributed by atoms with van der Waals surface area (Å²) in [6.07, 6.45) is 0.621. The lowest BCUT2D eigenvalue weighted by Crippen LogP contribution is -2.24. The molecule has 1 heterocycles. The SMILES string of the molecule is CCOC(=O)c1ccc2c(c1)NC(=O)C2=C(Nc1ccc(C(N)CCNC(C)=O)cc1)c1ccccc1. The largest absolute Gasteiger partial charge is 0.462 e. The third-order valence-corrected chi connectivity index (χ3v) is 6.03. The molecule has 37 heavy (non-hydrogen) atoms. The Morgan fingerprint density at radius 1 is 1.00 bits per heavy atom. The van der Waals surface area contributed by atoms with E-state index in [1.165, 1.54) is 6.92 Å². The fourth-order valence-electron chi connectivity index (χ4n) is 4.17. The van der Waals surface area contributed by atoms with Crippen molar-refractivity contribution in [1.82, 2.24) is 5.32 Å². The zero-order valence-corrected chi connectivity index (χ0v) is 20.8. The molecule has 2 amide bonds. The third-order valence-electron chi connectivity index (χ3n) is 6.03. The maximum atomic E-state index is 13.2. The molecule has 0 saturated heterocycles. The molecule has 4 rings (SSSR count). The topological polar surface area (TPSA) is 123 Å². The van der Waals surface area contributed by atoms with Crippen molar-refractivity contribution in [3.05, 3.63) is 95.1 Å². The number of nitrogens with one attached hydrogen (secondary N) is 3. The van der Waals surface area contributed by atoms with Crippen molar-refractivity contribution in [2.45, 2.75) is 26.3 Å². The Balaban J connectivity index is 1.65. The molecule has 3 aromatic rings. The van der Waals surface area contributed by atoms with Gasteiger partial charge in [0.25, 0.3) is 5.91 Å². The minimum absolute atomic E-state index is 0.0807. The second-order valence-electron chi connectivity index (χ2n) is 8.68. The van der Waals surface area contributed by atoms with E-state index in [0.717, 1.165) is 16.8 Å². The second kappa shape index (κ2) is 11.5. The maximum Gasteiger partial charge on any atom is 0.338 e. The lowest BCUT2D eigenvalue weighted by molar-refractivity contribution is -0.119. The number of nitrogens with two attached hydrogens (primary N) is 1. The number of amides is 2. The van der Waals surface area contributed by atoms with Gasteiger partial charge in [0.2, 0.25) is 5.91 Å². The van der Waals surface area contributed by atoms with Crippen LogP contribution in [0.3, 0.4) is 0 Å². The number of hydrogen-bond acceptors (Lipinski definition) is 6. The summed E-state index contributed by atoms with van der Waals surface area (Å²) in [4.78, 5) is 36.4. The number of anilines is 2. The van der Waals surface area contributed by atoms with Crippen LogP contribution in [0.5, 0.6) is 0 Å². The van der Waals surface area contributed by atoms with Crippen LogP contribution in [0.2, 0.25) is 0 Å². The van der Waals surface area contributed by atoms with Gasteiger partial charge in [0.05, 0.1) is 29.1 Å². The number of carbonyl (C=O) groups excluding carboxylic acids is 3. The van der Waals surface area contributed by atoms with Gasteiger partial charge in [-0.3, -0.25) is 9.59 Å². The van der Waals surface area contributed by atoms with Gasteiger partial charge in [-0.25, -0.2) is 4.79 Å². The summed E-state index contributed by atoms with van der Waals surface area (Å²) in [6.45, 7) is 4.01. The van der Waals surface area contributed by atoms with Gasteiger partial charge in [-0.15, -0.1) is 0 Å². The van der Waals surface area contributed by atoms with E-state index in [9.17, 15) is 14.4 Å². The normalized spacial score (nSPS) is 14.3.